The molecule has 2 aromatic carbocycles. The summed E-state index contributed by atoms with van der Waals surface area (Å²) in [4.78, 5) is 20.9. The molecule has 0 radical (unpaired) electrons. The molecule has 0 aliphatic rings. The number of aryl methyl sites for hydroxylation is 1. The lowest BCUT2D eigenvalue weighted by atomic mass is 10.1. The molecule has 0 fully saturated rings. The Morgan fingerprint density at radius 1 is 1.00 bits per heavy atom. The topological polar surface area (TPSA) is 81.1 Å². The number of halogens is 3. The van der Waals surface area contributed by atoms with E-state index in [0.717, 1.165) is 41.9 Å². The summed E-state index contributed by atoms with van der Waals surface area (Å²) in [7, 11) is 1.15. The number of nitrogens with zero attached hydrogens (tertiary/aromatic N) is 3. The van der Waals surface area contributed by atoms with E-state index in [1.54, 1.807) is 24.7 Å². The third-order valence-corrected chi connectivity index (χ3v) is 5.08. The maximum Gasteiger partial charge on any atom is 0.420 e. The fourth-order valence-electron chi connectivity index (χ4n) is 3.46. The lowest BCUT2D eigenvalue weighted by Gasteiger charge is -2.15. The highest BCUT2D eigenvalue weighted by atomic mass is 19.4. The molecule has 0 aliphatic heterocycles. The lowest BCUT2D eigenvalue weighted by Crippen LogP contribution is -2.20. The van der Waals surface area contributed by atoms with Gasteiger partial charge in [-0.1, -0.05) is 0 Å². The van der Waals surface area contributed by atoms with Crippen molar-refractivity contribution in [2.45, 2.75) is 13.1 Å². The molecule has 34 heavy (non-hydrogen) atoms. The summed E-state index contributed by atoms with van der Waals surface area (Å²) >= 11 is 0. The van der Waals surface area contributed by atoms with Crippen molar-refractivity contribution in [2.75, 3.05) is 17.7 Å². The maximum atomic E-state index is 13.2. The molecule has 7 nitrogen and oxygen atoms in total. The van der Waals surface area contributed by atoms with E-state index in [0.29, 0.717) is 5.69 Å². The van der Waals surface area contributed by atoms with Gasteiger partial charge in [-0.3, -0.25) is 9.55 Å². The van der Waals surface area contributed by atoms with Crippen molar-refractivity contribution in [3.63, 3.8) is 0 Å². The molecule has 2 aromatic heterocycles. The van der Waals surface area contributed by atoms with E-state index >= 15 is 0 Å². The second-order valence-corrected chi connectivity index (χ2v) is 7.35. The van der Waals surface area contributed by atoms with Gasteiger partial charge in [0.25, 0.3) is 0 Å². The van der Waals surface area contributed by atoms with E-state index in [1.165, 1.54) is 6.07 Å². The Bertz CT molecular complexity index is 1320. The zero-order valence-corrected chi connectivity index (χ0v) is 18.2. The summed E-state index contributed by atoms with van der Waals surface area (Å²) in [6, 6.07) is 11.8. The number of anilines is 2. The van der Waals surface area contributed by atoms with Gasteiger partial charge in [-0.15, -0.1) is 0 Å². The van der Waals surface area contributed by atoms with Crippen LogP contribution >= 0.6 is 0 Å². The Hall–Kier alpha value is -4.34. The lowest BCUT2D eigenvalue weighted by molar-refractivity contribution is -0.138. The normalized spacial score (nSPS) is 11.2. The molecule has 4 rings (SSSR count). The van der Waals surface area contributed by atoms with Gasteiger partial charge in [0.15, 0.2) is 0 Å². The minimum absolute atomic E-state index is 0.0136. The predicted octanol–water partition coefficient (Wildman–Crippen LogP) is 5.91. The Morgan fingerprint density at radius 3 is 2.44 bits per heavy atom. The fraction of sp³-hybridized carbons (Fsp3) is 0.125. The third-order valence-electron chi connectivity index (χ3n) is 5.08. The number of alkyl halides is 3. The highest BCUT2D eigenvalue weighted by Gasteiger charge is 2.34. The Balaban J connectivity index is 1.51. The summed E-state index contributed by atoms with van der Waals surface area (Å²) in [6.07, 6.45) is 2.27. The molecular weight excluding hydrogens is 447 g/mol. The summed E-state index contributed by atoms with van der Waals surface area (Å²) < 4.78 is 46.3. The zero-order valence-electron chi connectivity index (χ0n) is 18.2. The second kappa shape index (κ2) is 9.26. The summed E-state index contributed by atoms with van der Waals surface area (Å²) in [5.41, 5.74) is 2.01. The van der Waals surface area contributed by atoms with Crippen molar-refractivity contribution >= 4 is 17.4 Å². The van der Waals surface area contributed by atoms with E-state index < -0.39 is 17.8 Å². The van der Waals surface area contributed by atoms with Gasteiger partial charge in [0.05, 0.1) is 12.7 Å². The van der Waals surface area contributed by atoms with Crippen LogP contribution in [0.15, 0.2) is 73.3 Å². The van der Waals surface area contributed by atoms with Crippen LogP contribution in [0.2, 0.25) is 0 Å². The summed E-state index contributed by atoms with van der Waals surface area (Å²) in [5.74, 6) is 0.413. The van der Waals surface area contributed by atoms with E-state index in [4.69, 9.17) is 4.74 Å². The Kier molecular flexibility index (Phi) is 6.22. The van der Waals surface area contributed by atoms with Gasteiger partial charge in [0, 0.05) is 47.4 Å². The van der Waals surface area contributed by atoms with Crippen LogP contribution in [-0.4, -0.2) is 27.7 Å². The average molecular weight is 467 g/mol. The molecule has 0 spiro atoms. The molecule has 0 bridgehead atoms. The molecule has 0 saturated carbocycles. The summed E-state index contributed by atoms with van der Waals surface area (Å²) in [6.45, 7) is 1.82. The number of aromatic nitrogens is 3. The van der Waals surface area contributed by atoms with E-state index in [2.05, 4.69) is 20.6 Å². The Labute approximate surface area is 193 Å². The van der Waals surface area contributed by atoms with Crippen molar-refractivity contribution in [2.24, 2.45) is 0 Å². The molecule has 2 N–H and O–H groups in total. The number of urea groups is 1. The van der Waals surface area contributed by atoms with Crippen LogP contribution in [0.25, 0.3) is 17.1 Å². The van der Waals surface area contributed by atoms with E-state index in [1.807, 2.05) is 42.0 Å². The van der Waals surface area contributed by atoms with Gasteiger partial charge in [-0.2, -0.15) is 13.2 Å². The van der Waals surface area contributed by atoms with Crippen molar-refractivity contribution in [3.05, 3.63) is 84.4 Å². The molecule has 4 aromatic rings. The number of carbonyl (C=O) groups is 1. The number of pyridine rings is 1. The molecule has 0 saturated heterocycles. The van der Waals surface area contributed by atoms with Crippen molar-refractivity contribution in [3.8, 4) is 22.8 Å². The van der Waals surface area contributed by atoms with Crippen LogP contribution in [-0.2, 0) is 6.18 Å². The van der Waals surface area contributed by atoms with E-state index in [-0.39, 0.29) is 11.4 Å². The zero-order chi connectivity index (χ0) is 24.3. The molecular formula is C24H20F3N5O2. The first-order valence-electron chi connectivity index (χ1n) is 10.1. The minimum atomic E-state index is -4.62. The number of methoxy groups -OCH3 is 1. The van der Waals surface area contributed by atoms with Gasteiger partial charge < -0.3 is 15.4 Å². The highest BCUT2D eigenvalue weighted by molar-refractivity contribution is 6.00. The van der Waals surface area contributed by atoms with Gasteiger partial charge in [-0.05, 0) is 61.0 Å². The third kappa shape index (κ3) is 4.85. The van der Waals surface area contributed by atoms with Gasteiger partial charge in [0.2, 0.25) is 0 Å². The molecule has 2 heterocycles. The first-order chi connectivity index (χ1) is 16.3. The summed E-state index contributed by atoms with van der Waals surface area (Å²) in [5, 5.41) is 5.10. The van der Waals surface area contributed by atoms with Crippen LogP contribution in [0.5, 0.6) is 5.75 Å². The van der Waals surface area contributed by atoms with Gasteiger partial charge in [0.1, 0.15) is 11.6 Å². The molecule has 174 valence electrons. The van der Waals surface area contributed by atoms with Crippen LogP contribution in [0.3, 0.4) is 0 Å². The smallest absolute Gasteiger partial charge is 0.420 e. The number of nitrogens with one attached hydrogen (secondary N) is 2. The second-order valence-electron chi connectivity index (χ2n) is 7.35. The number of hydrogen-bond acceptors (Lipinski definition) is 4. The number of ether oxygens (including phenoxy) is 1. The van der Waals surface area contributed by atoms with Gasteiger partial charge >= 0.3 is 12.2 Å². The first kappa shape index (κ1) is 22.8. The quantitative estimate of drug-likeness (QED) is 0.382. The first-order valence-corrected chi connectivity index (χ1v) is 10.1. The van der Waals surface area contributed by atoms with Gasteiger partial charge in [-0.25, -0.2) is 9.78 Å². The molecule has 0 atom stereocenters. The monoisotopic (exact) mass is 467 g/mol. The molecule has 0 unspecified atom stereocenters. The molecule has 0 aliphatic carbocycles. The number of amides is 2. The number of hydrogen-bond donors (Lipinski definition) is 2. The van der Waals surface area contributed by atoms with Crippen LogP contribution < -0.4 is 15.4 Å². The standard InChI is InChI=1S/C24H20F3N5O2/c1-15-13-18(32-12-11-29-22(32)16-7-9-28-10-8-16)4-5-20(15)31-23(33)30-17-3-6-21(34-2)19(14-17)24(25,26)27/h3-14H,1-2H3,(H2,30,31,33). The molecule has 2 amide bonds. The number of benzene rings is 2. The highest BCUT2D eigenvalue weighted by Crippen LogP contribution is 2.37. The number of rotatable bonds is 5. The minimum Gasteiger partial charge on any atom is -0.496 e. The SMILES string of the molecule is COc1ccc(NC(=O)Nc2ccc(-n3ccnc3-c3ccncc3)cc2C)cc1C(F)(F)F. The largest absolute Gasteiger partial charge is 0.496 e. The maximum absolute atomic E-state index is 13.2. The van der Waals surface area contributed by atoms with Crippen molar-refractivity contribution in [1.29, 1.82) is 0 Å². The van der Waals surface area contributed by atoms with Crippen LogP contribution in [0, 0.1) is 6.92 Å². The van der Waals surface area contributed by atoms with Crippen molar-refractivity contribution < 1.29 is 22.7 Å². The van der Waals surface area contributed by atoms with Crippen LogP contribution in [0.4, 0.5) is 29.3 Å². The number of imidazole rings is 1. The predicted molar refractivity (Wildman–Crippen MR) is 122 cm³/mol. The molecule has 10 heteroatoms. The van der Waals surface area contributed by atoms with E-state index in [9.17, 15) is 18.0 Å². The average Bonchev–Trinajstić information content (AvgIpc) is 3.30. The number of carbonyl (C=O) groups excluding carboxylic acids is 1. The Morgan fingerprint density at radius 2 is 1.76 bits per heavy atom. The fourth-order valence-corrected chi connectivity index (χ4v) is 3.46. The van der Waals surface area contributed by atoms with Crippen LogP contribution in [0.1, 0.15) is 11.1 Å². The van der Waals surface area contributed by atoms with Crippen molar-refractivity contribution in [1.82, 2.24) is 14.5 Å².